The van der Waals surface area contributed by atoms with Gasteiger partial charge in [-0.1, -0.05) is 0 Å². The molecule has 2 N–H and O–H groups in total. The molecule has 0 saturated carbocycles. The average molecular weight is 231 g/mol. The summed E-state index contributed by atoms with van der Waals surface area (Å²) in [5.41, 5.74) is 0. The van der Waals surface area contributed by atoms with Crippen LogP contribution in [0.15, 0.2) is 0 Å². The summed E-state index contributed by atoms with van der Waals surface area (Å²) in [4.78, 5) is 24.4. The van der Waals surface area contributed by atoms with Gasteiger partial charge in [-0.15, -0.1) is 11.8 Å². The molecule has 1 fully saturated rings. The Labute approximate surface area is 94.0 Å². The maximum absolute atomic E-state index is 11.8. The predicted octanol–water partition coefficient (Wildman–Crippen LogP) is -0.757. The Morgan fingerprint density at radius 3 is 2.87 bits per heavy atom. The number of hydrogen-bond acceptors (Lipinski definition) is 4. The van der Waals surface area contributed by atoms with E-state index in [1.165, 1.54) is 0 Å². The Morgan fingerprint density at radius 1 is 1.60 bits per heavy atom. The summed E-state index contributed by atoms with van der Waals surface area (Å²) in [6.45, 7) is 0.474. The van der Waals surface area contributed by atoms with Crippen LogP contribution in [0.25, 0.3) is 0 Å². The highest BCUT2D eigenvalue weighted by atomic mass is 32.2. The molecule has 0 aliphatic carbocycles. The minimum absolute atomic E-state index is 0.0385. The highest BCUT2D eigenvalue weighted by Crippen LogP contribution is 2.11. The maximum Gasteiger partial charge on any atom is 0.240 e. The standard InChI is InChI=1S/C9H17N3O2S/c1-10-8(13)3-4-12(2)9(14)7-5-15-6-11-7/h7,11H,3-6H2,1-2H3,(H,10,13)/t7-/m1/s1. The molecule has 0 bridgehead atoms. The van der Waals surface area contributed by atoms with Gasteiger partial charge in [0, 0.05) is 38.7 Å². The fourth-order valence-corrected chi connectivity index (χ4v) is 2.26. The Morgan fingerprint density at radius 2 is 2.33 bits per heavy atom. The van der Waals surface area contributed by atoms with Crippen molar-refractivity contribution < 1.29 is 9.59 Å². The molecule has 1 saturated heterocycles. The van der Waals surface area contributed by atoms with E-state index in [4.69, 9.17) is 0 Å². The molecule has 6 heteroatoms. The fraction of sp³-hybridized carbons (Fsp3) is 0.778. The molecule has 1 aliphatic rings. The van der Waals surface area contributed by atoms with E-state index in [1.807, 2.05) is 0 Å². The number of thioether (sulfide) groups is 1. The van der Waals surface area contributed by atoms with Gasteiger partial charge in [-0.05, 0) is 0 Å². The zero-order valence-corrected chi connectivity index (χ0v) is 9.89. The molecular formula is C9H17N3O2S. The first-order chi connectivity index (χ1) is 7.15. The third-order valence-electron chi connectivity index (χ3n) is 2.34. The molecule has 1 rings (SSSR count). The van der Waals surface area contributed by atoms with E-state index >= 15 is 0 Å². The van der Waals surface area contributed by atoms with Gasteiger partial charge < -0.3 is 10.2 Å². The molecule has 0 aromatic carbocycles. The van der Waals surface area contributed by atoms with Gasteiger partial charge in [-0.25, -0.2) is 0 Å². The first kappa shape index (κ1) is 12.3. The summed E-state index contributed by atoms with van der Waals surface area (Å²) < 4.78 is 0. The molecule has 15 heavy (non-hydrogen) atoms. The number of rotatable bonds is 4. The second-order valence-electron chi connectivity index (χ2n) is 3.45. The molecule has 0 radical (unpaired) electrons. The van der Waals surface area contributed by atoms with Crippen molar-refractivity contribution in [1.82, 2.24) is 15.5 Å². The van der Waals surface area contributed by atoms with Crippen LogP contribution < -0.4 is 10.6 Å². The molecule has 1 aliphatic heterocycles. The van der Waals surface area contributed by atoms with Crippen molar-refractivity contribution in [2.75, 3.05) is 32.3 Å². The largest absolute Gasteiger partial charge is 0.359 e. The quantitative estimate of drug-likeness (QED) is 0.668. The summed E-state index contributed by atoms with van der Waals surface area (Å²) in [6.07, 6.45) is 0.360. The molecule has 1 heterocycles. The highest BCUT2D eigenvalue weighted by Gasteiger charge is 2.25. The van der Waals surface area contributed by atoms with Crippen molar-refractivity contribution >= 4 is 23.6 Å². The number of likely N-dealkylation sites (N-methyl/N-ethyl adjacent to an activating group) is 1. The second kappa shape index (κ2) is 5.97. The summed E-state index contributed by atoms with van der Waals surface area (Å²) in [6, 6.07) is -0.0790. The van der Waals surface area contributed by atoms with Gasteiger partial charge in [-0.3, -0.25) is 14.9 Å². The van der Waals surface area contributed by atoms with Crippen LogP contribution >= 0.6 is 11.8 Å². The third-order valence-corrected chi connectivity index (χ3v) is 3.28. The van der Waals surface area contributed by atoms with Crippen LogP contribution in [0.2, 0.25) is 0 Å². The molecule has 86 valence electrons. The first-order valence-electron chi connectivity index (χ1n) is 4.92. The smallest absolute Gasteiger partial charge is 0.240 e. The van der Waals surface area contributed by atoms with Gasteiger partial charge in [-0.2, -0.15) is 0 Å². The Bertz CT molecular complexity index is 242. The number of carbonyl (C=O) groups excluding carboxylic acids is 2. The van der Waals surface area contributed by atoms with Crippen molar-refractivity contribution in [2.45, 2.75) is 12.5 Å². The van der Waals surface area contributed by atoms with Gasteiger partial charge in [0.05, 0.1) is 6.04 Å². The van der Waals surface area contributed by atoms with Crippen molar-refractivity contribution in [2.24, 2.45) is 0 Å². The fourth-order valence-electron chi connectivity index (χ4n) is 1.32. The van der Waals surface area contributed by atoms with Crippen molar-refractivity contribution in [3.63, 3.8) is 0 Å². The molecular weight excluding hydrogens is 214 g/mol. The van der Waals surface area contributed by atoms with E-state index in [2.05, 4.69) is 10.6 Å². The number of amides is 2. The first-order valence-corrected chi connectivity index (χ1v) is 6.07. The van der Waals surface area contributed by atoms with Crippen molar-refractivity contribution in [3.8, 4) is 0 Å². The normalized spacial score (nSPS) is 20.0. The maximum atomic E-state index is 11.8. The zero-order chi connectivity index (χ0) is 11.3. The van der Waals surface area contributed by atoms with E-state index in [1.54, 1.807) is 30.8 Å². The molecule has 5 nitrogen and oxygen atoms in total. The summed E-state index contributed by atoms with van der Waals surface area (Å²) >= 11 is 1.72. The van der Waals surface area contributed by atoms with E-state index in [0.29, 0.717) is 13.0 Å². The lowest BCUT2D eigenvalue weighted by atomic mass is 10.3. The third kappa shape index (κ3) is 3.71. The Hall–Kier alpha value is -0.750. The van der Waals surface area contributed by atoms with Gasteiger partial charge in [0.2, 0.25) is 11.8 Å². The average Bonchev–Trinajstić information content (AvgIpc) is 2.77. The van der Waals surface area contributed by atoms with Crippen LogP contribution in [-0.2, 0) is 9.59 Å². The lowest BCUT2D eigenvalue weighted by Gasteiger charge is -2.20. The van der Waals surface area contributed by atoms with Crippen LogP contribution in [0.4, 0.5) is 0 Å². The SMILES string of the molecule is CNC(=O)CCN(C)C(=O)[C@H]1CSCN1. The number of nitrogens with one attached hydrogen (secondary N) is 2. The van der Waals surface area contributed by atoms with Crippen LogP contribution in [-0.4, -0.2) is 55.0 Å². The number of carbonyl (C=O) groups is 2. The summed E-state index contributed by atoms with van der Waals surface area (Å²) in [5.74, 6) is 1.69. The van der Waals surface area contributed by atoms with Crippen LogP contribution in [0.3, 0.4) is 0 Å². The van der Waals surface area contributed by atoms with Crippen LogP contribution in [0, 0.1) is 0 Å². The highest BCUT2D eigenvalue weighted by molar-refractivity contribution is 7.99. The predicted molar refractivity (Wildman–Crippen MR) is 60.6 cm³/mol. The van der Waals surface area contributed by atoms with E-state index in [0.717, 1.165) is 11.6 Å². The second-order valence-corrected chi connectivity index (χ2v) is 4.49. The van der Waals surface area contributed by atoms with Crippen LogP contribution in [0.5, 0.6) is 0 Å². The Balaban J connectivity index is 2.29. The lowest BCUT2D eigenvalue weighted by Crippen LogP contribution is -2.44. The number of nitrogens with zero attached hydrogens (tertiary/aromatic N) is 1. The van der Waals surface area contributed by atoms with Crippen molar-refractivity contribution in [3.05, 3.63) is 0 Å². The molecule has 2 amide bonds. The van der Waals surface area contributed by atoms with E-state index < -0.39 is 0 Å². The molecule has 0 aromatic heterocycles. The van der Waals surface area contributed by atoms with Crippen molar-refractivity contribution in [1.29, 1.82) is 0 Å². The summed E-state index contributed by atoms with van der Waals surface area (Å²) in [5, 5.41) is 5.64. The van der Waals surface area contributed by atoms with Gasteiger partial charge in [0.1, 0.15) is 0 Å². The number of hydrogen-bond donors (Lipinski definition) is 2. The topological polar surface area (TPSA) is 61.4 Å². The minimum Gasteiger partial charge on any atom is -0.359 e. The van der Waals surface area contributed by atoms with E-state index in [9.17, 15) is 9.59 Å². The molecule has 0 unspecified atom stereocenters. The zero-order valence-electron chi connectivity index (χ0n) is 9.08. The van der Waals surface area contributed by atoms with E-state index in [-0.39, 0.29) is 17.9 Å². The monoisotopic (exact) mass is 231 g/mol. The lowest BCUT2D eigenvalue weighted by molar-refractivity contribution is -0.131. The van der Waals surface area contributed by atoms with Crippen LogP contribution in [0.1, 0.15) is 6.42 Å². The molecule has 1 atom stereocenters. The molecule has 0 aromatic rings. The Kier molecular flexibility index (Phi) is 4.90. The van der Waals surface area contributed by atoms with Gasteiger partial charge >= 0.3 is 0 Å². The van der Waals surface area contributed by atoms with Gasteiger partial charge in [0.15, 0.2) is 0 Å². The van der Waals surface area contributed by atoms with Gasteiger partial charge in [0.25, 0.3) is 0 Å². The summed E-state index contributed by atoms with van der Waals surface area (Å²) in [7, 11) is 3.33. The molecule has 0 spiro atoms. The minimum atomic E-state index is -0.0790.